The van der Waals surface area contributed by atoms with Gasteiger partial charge in [-0.25, -0.2) is 0 Å². The van der Waals surface area contributed by atoms with Gasteiger partial charge in [-0.05, 0) is 74.6 Å². The van der Waals surface area contributed by atoms with Crippen LogP contribution in [0.2, 0.25) is 5.02 Å². The molecule has 0 fully saturated rings. The van der Waals surface area contributed by atoms with E-state index >= 15 is 0 Å². The van der Waals surface area contributed by atoms with Crippen molar-refractivity contribution in [2.45, 2.75) is 55.5 Å². The summed E-state index contributed by atoms with van der Waals surface area (Å²) < 4.78 is 29.0. The number of nitrogens with two attached hydrogens (primary N) is 1. The van der Waals surface area contributed by atoms with Crippen molar-refractivity contribution in [3.63, 3.8) is 0 Å². The Hall–Kier alpha value is -1.76. The van der Waals surface area contributed by atoms with Gasteiger partial charge >= 0.3 is 7.60 Å². The van der Waals surface area contributed by atoms with E-state index in [0.29, 0.717) is 19.8 Å². The fourth-order valence-electron chi connectivity index (χ4n) is 3.62. The number of halogens is 2. The molecule has 0 spiro atoms. The van der Waals surface area contributed by atoms with Gasteiger partial charge in [0.25, 0.3) is 0 Å². The van der Waals surface area contributed by atoms with Gasteiger partial charge in [0, 0.05) is 26.7 Å². The molecule has 3 aromatic rings. The van der Waals surface area contributed by atoms with E-state index in [4.69, 9.17) is 31.1 Å². The Balaban J connectivity index is 0.00000507. The van der Waals surface area contributed by atoms with E-state index in [1.54, 1.807) is 31.7 Å². The molecule has 1 unspecified atom stereocenters. The first-order chi connectivity index (χ1) is 17.9. The molecular formula is C29H36Cl2NO4PS. The smallest absolute Gasteiger partial charge is 0.353 e. The SMILES string of the molecule is CCOP(=O)(/C=C/C(N)CCCc1ccc(Sc2cccc(OCc3ccccc3)c2)cc1Cl)OCC.Cl. The van der Waals surface area contributed by atoms with Gasteiger partial charge in [-0.15, -0.1) is 12.4 Å². The molecule has 3 aromatic carbocycles. The Morgan fingerprint density at radius 2 is 1.68 bits per heavy atom. The molecule has 0 aliphatic rings. The molecule has 9 heteroatoms. The van der Waals surface area contributed by atoms with Crippen LogP contribution < -0.4 is 10.5 Å². The van der Waals surface area contributed by atoms with Crippen molar-refractivity contribution in [2.24, 2.45) is 5.73 Å². The molecule has 2 N–H and O–H groups in total. The van der Waals surface area contributed by atoms with E-state index < -0.39 is 7.60 Å². The van der Waals surface area contributed by atoms with Gasteiger partial charge in [-0.1, -0.05) is 71.9 Å². The first-order valence-electron chi connectivity index (χ1n) is 12.5. The summed E-state index contributed by atoms with van der Waals surface area (Å²) >= 11 is 8.25. The van der Waals surface area contributed by atoms with Crippen molar-refractivity contribution in [2.75, 3.05) is 13.2 Å². The minimum absolute atomic E-state index is 0. The average molecular weight is 597 g/mol. The van der Waals surface area contributed by atoms with E-state index in [-0.39, 0.29) is 18.4 Å². The van der Waals surface area contributed by atoms with Crippen LogP contribution in [0.3, 0.4) is 0 Å². The number of aryl methyl sites for hydroxylation is 1. The summed E-state index contributed by atoms with van der Waals surface area (Å²) in [6.07, 6.45) is 4.11. The highest BCUT2D eigenvalue weighted by Crippen LogP contribution is 2.49. The third kappa shape index (κ3) is 11.2. The summed E-state index contributed by atoms with van der Waals surface area (Å²) in [4.78, 5) is 2.15. The standard InChI is InChI=1S/C29H35ClNO4PS.ClH/c1-3-34-36(32,35-4-2)19-18-25(31)13-8-12-24-16-17-28(21-29(24)30)37-27-15-9-14-26(20-27)33-22-23-10-6-5-7-11-23;/h5-7,9-11,14-21,25H,3-4,8,12-13,22,31H2,1-2H3;1H/b19-18+;. The summed E-state index contributed by atoms with van der Waals surface area (Å²) in [5.74, 6) is 2.31. The molecule has 5 nitrogen and oxygen atoms in total. The van der Waals surface area contributed by atoms with Gasteiger partial charge in [-0.3, -0.25) is 4.57 Å². The number of benzene rings is 3. The Morgan fingerprint density at radius 3 is 2.37 bits per heavy atom. The lowest BCUT2D eigenvalue weighted by Crippen LogP contribution is -2.16. The van der Waals surface area contributed by atoms with E-state index in [2.05, 4.69) is 30.3 Å². The number of hydrogen-bond acceptors (Lipinski definition) is 6. The van der Waals surface area contributed by atoms with Crippen molar-refractivity contribution in [3.8, 4) is 5.75 Å². The second-order valence-electron chi connectivity index (χ2n) is 8.38. The molecule has 3 rings (SSSR count). The van der Waals surface area contributed by atoms with E-state index in [1.165, 1.54) is 5.82 Å². The molecule has 0 aliphatic carbocycles. The van der Waals surface area contributed by atoms with Crippen LogP contribution in [0.1, 0.15) is 37.8 Å². The van der Waals surface area contributed by atoms with Gasteiger partial charge in [0.05, 0.1) is 13.2 Å². The second-order valence-corrected chi connectivity index (χ2v) is 11.8. The third-order valence-electron chi connectivity index (χ3n) is 5.43. The van der Waals surface area contributed by atoms with Gasteiger partial charge < -0.3 is 19.5 Å². The molecule has 0 aromatic heterocycles. The summed E-state index contributed by atoms with van der Waals surface area (Å²) in [5.41, 5.74) is 8.40. The highest BCUT2D eigenvalue weighted by atomic mass is 35.5. The fourth-order valence-corrected chi connectivity index (χ4v) is 6.27. The lowest BCUT2D eigenvalue weighted by Gasteiger charge is -2.14. The number of ether oxygens (including phenoxy) is 1. The number of rotatable bonds is 15. The normalized spacial score (nSPS) is 12.3. The lowest BCUT2D eigenvalue weighted by atomic mass is 10.1. The van der Waals surface area contributed by atoms with Crippen LogP contribution in [0.15, 0.2) is 94.5 Å². The Bertz CT molecular complexity index is 1190. The van der Waals surface area contributed by atoms with E-state index in [9.17, 15) is 4.57 Å². The highest BCUT2D eigenvalue weighted by molar-refractivity contribution is 7.99. The van der Waals surface area contributed by atoms with Crippen molar-refractivity contribution < 1.29 is 18.3 Å². The first kappa shape index (κ1) is 32.5. The third-order valence-corrected chi connectivity index (χ3v) is 8.54. The van der Waals surface area contributed by atoms with Crippen molar-refractivity contribution in [3.05, 3.63) is 101 Å². The Kier molecular flexibility index (Phi) is 14.6. The molecule has 0 amide bonds. The molecular weight excluding hydrogens is 560 g/mol. The van der Waals surface area contributed by atoms with E-state index in [0.717, 1.165) is 51.0 Å². The van der Waals surface area contributed by atoms with Gasteiger partial charge in [0.15, 0.2) is 0 Å². The highest BCUT2D eigenvalue weighted by Gasteiger charge is 2.19. The van der Waals surface area contributed by atoms with E-state index in [1.807, 2.05) is 42.5 Å². The zero-order valence-electron chi connectivity index (χ0n) is 21.8. The maximum atomic E-state index is 12.5. The van der Waals surface area contributed by atoms with Crippen molar-refractivity contribution >= 4 is 43.4 Å². The van der Waals surface area contributed by atoms with Gasteiger partial charge in [0.2, 0.25) is 0 Å². The quantitative estimate of drug-likeness (QED) is 0.177. The minimum Gasteiger partial charge on any atom is -0.489 e. The van der Waals surface area contributed by atoms with Crippen LogP contribution in [-0.2, 0) is 26.6 Å². The zero-order valence-corrected chi connectivity index (χ0v) is 25.0. The van der Waals surface area contributed by atoms with Crippen LogP contribution >= 0.6 is 43.4 Å². The summed E-state index contributed by atoms with van der Waals surface area (Å²) in [5, 5.41) is 0.739. The molecule has 0 aliphatic heterocycles. The van der Waals surface area contributed by atoms with Crippen LogP contribution in [0.5, 0.6) is 5.75 Å². The molecule has 1 atom stereocenters. The Labute approximate surface area is 242 Å². The summed E-state index contributed by atoms with van der Waals surface area (Å²) in [6.45, 7) is 4.73. The lowest BCUT2D eigenvalue weighted by molar-refractivity contribution is 0.228. The van der Waals surface area contributed by atoms with Crippen molar-refractivity contribution in [1.82, 2.24) is 0 Å². The predicted molar refractivity (Wildman–Crippen MR) is 161 cm³/mol. The van der Waals surface area contributed by atoms with Crippen LogP contribution in [0.25, 0.3) is 0 Å². The van der Waals surface area contributed by atoms with Gasteiger partial charge in [-0.2, -0.15) is 0 Å². The largest absolute Gasteiger partial charge is 0.489 e. The molecule has 0 radical (unpaired) electrons. The van der Waals surface area contributed by atoms with Crippen LogP contribution in [0, 0.1) is 0 Å². The molecule has 0 saturated carbocycles. The molecule has 0 bridgehead atoms. The predicted octanol–water partition coefficient (Wildman–Crippen LogP) is 8.92. The maximum absolute atomic E-state index is 12.5. The topological polar surface area (TPSA) is 70.8 Å². The molecule has 0 saturated heterocycles. The minimum atomic E-state index is -3.22. The molecule has 0 heterocycles. The maximum Gasteiger partial charge on any atom is 0.353 e. The summed E-state index contributed by atoms with van der Waals surface area (Å²) in [6, 6.07) is 24.1. The Morgan fingerprint density at radius 1 is 0.974 bits per heavy atom. The average Bonchev–Trinajstić information content (AvgIpc) is 2.89. The molecule has 38 heavy (non-hydrogen) atoms. The van der Waals surface area contributed by atoms with Crippen LogP contribution in [-0.4, -0.2) is 19.3 Å². The number of hydrogen-bond donors (Lipinski definition) is 1. The van der Waals surface area contributed by atoms with Crippen molar-refractivity contribution in [1.29, 1.82) is 0 Å². The van der Waals surface area contributed by atoms with Gasteiger partial charge in [0.1, 0.15) is 12.4 Å². The monoisotopic (exact) mass is 595 g/mol. The zero-order chi connectivity index (χ0) is 26.5. The molecule has 206 valence electrons. The first-order valence-corrected chi connectivity index (χ1v) is 15.3. The summed E-state index contributed by atoms with van der Waals surface area (Å²) in [7, 11) is -3.22. The fraction of sp³-hybridized carbons (Fsp3) is 0.310. The van der Waals surface area contributed by atoms with Crippen LogP contribution in [0.4, 0.5) is 0 Å². The second kappa shape index (κ2) is 17.0.